The maximum absolute atomic E-state index is 13.6. The summed E-state index contributed by atoms with van der Waals surface area (Å²) in [6.07, 6.45) is 7.29. The molecule has 0 radical (unpaired) electrons. The second kappa shape index (κ2) is 11.9. The van der Waals surface area contributed by atoms with Crippen molar-refractivity contribution in [3.8, 4) is 11.1 Å². The molecule has 1 amide bonds. The van der Waals surface area contributed by atoms with Gasteiger partial charge in [0.25, 0.3) is 0 Å². The lowest BCUT2D eigenvalue weighted by Crippen LogP contribution is -2.42. The lowest BCUT2D eigenvalue weighted by atomic mass is 9.96. The lowest BCUT2D eigenvalue weighted by Gasteiger charge is -2.33. The molecule has 3 heterocycles. The van der Waals surface area contributed by atoms with Crippen LogP contribution in [0.15, 0.2) is 42.6 Å². The highest BCUT2D eigenvalue weighted by atomic mass is 19.1. The van der Waals surface area contributed by atoms with Gasteiger partial charge in [-0.2, -0.15) is 5.10 Å². The number of nitrogens with zero attached hydrogens (tertiary/aromatic N) is 4. The number of anilines is 1. The summed E-state index contributed by atoms with van der Waals surface area (Å²) in [5.74, 6) is 0.228. The zero-order valence-electron chi connectivity index (χ0n) is 23.6. The van der Waals surface area contributed by atoms with Crippen LogP contribution in [0.2, 0.25) is 0 Å². The van der Waals surface area contributed by atoms with Crippen molar-refractivity contribution in [2.24, 2.45) is 5.92 Å². The lowest BCUT2D eigenvalue weighted by molar-refractivity contribution is 0.0188. The number of nitrogens with one attached hydrogen (secondary N) is 1. The number of ether oxygens (including phenoxy) is 1. The molecule has 0 aliphatic carbocycles. The van der Waals surface area contributed by atoms with E-state index in [2.05, 4.69) is 27.0 Å². The molecule has 2 aromatic carbocycles. The third-order valence-corrected chi connectivity index (χ3v) is 7.83. The number of carbonyl (C=O) groups is 1. The number of aromatic nitrogens is 2. The van der Waals surface area contributed by atoms with E-state index in [-0.39, 0.29) is 11.9 Å². The number of benzene rings is 2. The largest absolute Gasteiger partial charge is 0.444 e. The van der Waals surface area contributed by atoms with E-state index in [1.807, 2.05) is 44.0 Å². The van der Waals surface area contributed by atoms with Crippen molar-refractivity contribution >= 4 is 22.7 Å². The van der Waals surface area contributed by atoms with Gasteiger partial charge in [-0.15, -0.1) is 0 Å². The van der Waals surface area contributed by atoms with Crippen LogP contribution in [0, 0.1) is 11.7 Å². The van der Waals surface area contributed by atoms with Gasteiger partial charge in [0, 0.05) is 37.3 Å². The van der Waals surface area contributed by atoms with Crippen LogP contribution in [0.1, 0.15) is 52.9 Å². The van der Waals surface area contributed by atoms with E-state index in [1.165, 1.54) is 38.1 Å². The number of rotatable bonds is 8. The van der Waals surface area contributed by atoms with E-state index >= 15 is 0 Å². The Morgan fingerprint density at radius 1 is 1.03 bits per heavy atom. The number of likely N-dealkylation sites (tertiary alicyclic amines) is 2. The molecule has 8 heteroatoms. The third kappa shape index (κ3) is 7.10. The highest BCUT2D eigenvalue weighted by Gasteiger charge is 2.27. The average Bonchev–Trinajstić information content (AvgIpc) is 3.57. The van der Waals surface area contributed by atoms with Gasteiger partial charge in [-0.05, 0) is 114 Å². The number of hydrogen-bond donors (Lipinski definition) is 1. The molecule has 0 saturated carbocycles. The van der Waals surface area contributed by atoms with Crippen molar-refractivity contribution in [2.45, 2.75) is 65.0 Å². The van der Waals surface area contributed by atoms with Crippen LogP contribution in [0.4, 0.5) is 14.9 Å². The topological polar surface area (TPSA) is 62.6 Å². The number of fused-ring (bicyclic) bond motifs is 1. The van der Waals surface area contributed by atoms with Crippen LogP contribution in [0.25, 0.3) is 22.0 Å². The van der Waals surface area contributed by atoms with Gasteiger partial charge in [-0.25, -0.2) is 9.18 Å². The maximum atomic E-state index is 13.6. The Bertz CT molecular complexity index is 1250. The second-order valence-corrected chi connectivity index (χ2v) is 12.0. The number of carbonyl (C=O) groups excluding carboxylic acids is 1. The predicted octanol–water partition coefficient (Wildman–Crippen LogP) is 6.39. The van der Waals surface area contributed by atoms with E-state index in [0.29, 0.717) is 19.0 Å². The first-order chi connectivity index (χ1) is 18.7. The fourth-order valence-corrected chi connectivity index (χ4v) is 5.66. The molecule has 1 N–H and O–H groups in total. The highest BCUT2D eigenvalue weighted by molar-refractivity contribution is 5.95. The maximum Gasteiger partial charge on any atom is 0.410 e. The molecule has 5 rings (SSSR count). The quantitative estimate of drug-likeness (QED) is 0.362. The Morgan fingerprint density at radius 3 is 2.44 bits per heavy atom. The molecule has 2 saturated heterocycles. The van der Waals surface area contributed by atoms with Crippen LogP contribution in [0.5, 0.6) is 0 Å². The number of hydrogen-bond acceptors (Lipinski definition) is 5. The summed E-state index contributed by atoms with van der Waals surface area (Å²) < 4.78 is 21.3. The summed E-state index contributed by atoms with van der Waals surface area (Å²) in [6.45, 7) is 12.3. The van der Waals surface area contributed by atoms with Crippen LogP contribution in [0.3, 0.4) is 0 Å². The molecule has 210 valence electrons. The van der Waals surface area contributed by atoms with Crippen molar-refractivity contribution in [3.63, 3.8) is 0 Å². The van der Waals surface area contributed by atoms with Gasteiger partial charge in [0.2, 0.25) is 0 Å². The number of halogens is 1. The molecule has 2 aliphatic heterocycles. The van der Waals surface area contributed by atoms with Crippen LogP contribution >= 0.6 is 0 Å². The predicted molar refractivity (Wildman–Crippen MR) is 154 cm³/mol. The van der Waals surface area contributed by atoms with Crippen molar-refractivity contribution in [3.05, 3.63) is 48.4 Å². The summed E-state index contributed by atoms with van der Waals surface area (Å²) in [5, 5.41) is 9.57. The Balaban J connectivity index is 1.29. The minimum atomic E-state index is -0.477. The monoisotopic (exact) mass is 535 g/mol. The van der Waals surface area contributed by atoms with Gasteiger partial charge in [-0.1, -0.05) is 12.1 Å². The SMILES string of the molecule is CC(C)(C)OC(=O)N1CCC(CNc2cc(-c3ccc(F)cc3)cc3c2cnn3CCCN2CCCC2)CC1. The second-order valence-electron chi connectivity index (χ2n) is 12.0. The summed E-state index contributed by atoms with van der Waals surface area (Å²) in [4.78, 5) is 16.8. The fraction of sp³-hybridized carbons (Fsp3) is 0.548. The van der Waals surface area contributed by atoms with E-state index in [0.717, 1.165) is 66.6 Å². The summed E-state index contributed by atoms with van der Waals surface area (Å²) >= 11 is 0. The van der Waals surface area contributed by atoms with Gasteiger partial charge in [0.05, 0.1) is 11.7 Å². The van der Waals surface area contributed by atoms with E-state index in [1.54, 1.807) is 0 Å². The van der Waals surface area contributed by atoms with Gasteiger partial charge in [0.15, 0.2) is 0 Å². The summed E-state index contributed by atoms with van der Waals surface area (Å²) in [5.41, 5.74) is 3.70. The molecular formula is C31H42FN5O2. The van der Waals surface area contributed by atoms with E-state index in [4.69, 9.17) is 9.84 Å². The molecule has 7 nitrogen and oxygen atoms in total. The molecule has 2 aliphatic rings. The van der Waals surface area contributed by atoms with Crippen molar-refractivity contribution in [1.82, 2.24) is 19.6 Å². The Labute approximate surface area is 231 Å². The zero-order valence-corrected chi connectivity index (χ0v) is 23.6. The third-order valence-electron chi connectivity index (χ3n) is 7.83. The Kier molecular flexibility index (Phi) is 8.40. The Hall–Kier alpha value is -3.13. The van der Waals surface area contributed by atoms with Crippen molar-refractivity contribution < 1.29 is 13.9 Å². The molecule has 0 bridgehead atoms. The zero-order chi connectivity index (χ0) is 27.4. The molecule has 2 fully saturated rings. The standard InChI is InChI=1S/C31H42FN5O2/c1-31(2,3)39-30(38)36-17-11-23(12-18-36)21-33-28-19-25(24-7-9-26(32)10-8-24)20-29-27(28)22-34-37(29)16-6-15-35-13-4-5-14-35/h7-10,19-20,22-23,33H,4-6,11-18,21H2,1-3H3. The van der Waals surface area contributed by atoms with Crippen molar-refractivity contribution in [2.75, 3.05) is 44.6 Å². The molecule has 3 aromatic rings. The van der Waals surface area contributed by atoms with Gasteiger partial charge in [0.1, 0.15) is 11.4 Å². The smallest absolute Gasteiger partial charge is 0.410 e. The average molecular weight is 536 g/mol. The molecule has 1 aromatic heterocycles. The van der Waals surface area contributed by atoms with Crippen molar-refractivity contribution in [1.29, 1.82) is 0 Å². The minimum Gasteiger partial charge on any atom is -0.444 e. The number of aryl methyl sites for hydroxylation is 1. The molecule has 0 unspecified atom stereocenters. The van der Waals surface area contributed by atoms with Crippen LogP contribution < -0.4 is 5.32 Å². The van der Waals surface area contributed by atoms with E-state index < -0.39 is 5.60 Å². The van der Waals surface area contributed by atoms with Crippen LogP contribution in [-0.2, 0) is 11.3 Å². The summed E-state index contributed by atoms with van der Waals surface area (Å²) in [7, 11) is 0. The summed E-state index contributed by atoms with van der Waals surface area (Å²) in [6, 6.07) is 11.0. The van der Waals surface area contributed by atoms with Gasteiger partial charge >= 0.3 is 6.09 Å². The van der Waals surface area contributed by atoms with Gasteiger partial charge in [-0.3, -0.25) is 4.68 Å². The first-order valence-corrected chi connectivity index (χ1v) is 14.4. The molecule has 0 spiro atoms. The minimum absolute atomic E-state index is 0.222. The normalized spacial score (nSPS) is 17.2. The van der Waals surface area contributed by atoms with Crippen LogP contribution in [-0.4, -0.2) is 70.5 Å². The van der Waals surface area contributed by atoms with E-state index in [9.17, 15) is 9.18 Å². The number of piperidine rings is 1. The molecule has 0 atom stereocenters. The van der Waals surface area contributed by atoms with Gasteiger partial charge < -0.3 is 19.9 Å². The highest BCUT2D eigenvalue weighted by Crippen LogP contribution is 2.32. The Morgan fingerprint density at radius 2 is 1.74 bits per heavy atom. The first-order valence-electron chi connectivity index (χ1n) is 14.4. The molecular weight excluding hydrogens is 493 g/mol. The fourth-order valence-electron chi connectivity index (χ4n) is 5.66. The number of amides is 1. The molecule has 39 heavy (non-hydrogen) atoms. The first kappa shape index (κ1) is 27.4.